The number of nitrogens with zero attached hydrogens (tertiary/aromatic N) is 3. The third-order valence-electron chi connectivity index (χ3n) is 7.06. The van der Waals surface area contributed by atoms with E-state index in [4.69, 9.17) is 5.73 Å². The second-order valence-electron chi connectivity index (χ2n) is 9.40. The van der Waals surface area contributed by atoms with Crippen LogP contribution in [0.2, 0.25) is 0 Å². The highest BCUT2D eigenvalue weighted by molar-refractivity contribution is 7.07. The van der Waals surface area contributed by atoms with Gasteiger partial charge in [0, 0.05) is 0 Å². The van der Waals surface area contributed by atoms with Gasteiger partial charge in [0.2, 0.25) is 0 Å². The SMILES string of the molecule is N#CC1=C(N)n2c(s/c(=C\c3ccc(-c4ccccc4)cc3)c2=O)=C(C#N)C1c1ccc(-c2ccccc2)cc1. The summed E-state index contributed by atoms with van der Waals surface area (Å²) in [5.41, 5.74) is 12.5. The molecule has 0 radical (unpaired) electrons. The van der Waals surface area contributed by atoms with Gasteiger partial charge in [-0.25, -0.2) is 0 Å². The van der Waals surface area contributed by atoms with Gasteiger partial charge in [-0.1, -0.05) is 109 Å². The van der Waals surface area contributed by atoms with E-state index in [9.17, 15) is 15.3 Å². The molecule has 6 rings (SSSR count). The summed E-state index contributed by atoms with van der Waals surface area (Å²) in [4.78, 5) is 13.5. The van der Waals surface area contributed by atoms with Gasteiger partial charge in [0.05, 0.1) is 33.7 Å². The molecule has 5 nitrogen and oxygen atoms in total. The van der Waals surface area contributed by atoms with Gasteiger partial charge in [-0.05, 0) is 39.5 Å². The van der Waals surface area contributed by atoms with Crippen LogP contribution in [0, 0.1) is 22.7 Å². The normalized spacial score (nSPS) is 14.9. The van der Waals surface area contributed by atoms with E-state index in [0.717, 1.165) is 33.4 Å². The standard InChI is InChI=1S/C34H22N4OS/c35-20-28-31(27-17-15-26(16-18-27)24-9-5-2-6-10-24)29(21-36)34-38(32(28)37)33(39)30(40-34)19-22-11-13-25(14-12-22)23-7-3-1-4-8-23/h1-19,31H,37H2/b30-19-. The molecule has 2 N–H and O–H groups in total. The molecule has 2 heterocycles. The maximum atomic E-state index is 13.5. The van der Waals surface area contributed by atoms with Gasteiger partial charge < -0.3 is 5.73 Å². The molecule has 190 valence electrons. The van der Waals surface area contributed by atoms with Crippen molar-refractivity contribution < 1.29 is 0 Å². The number of hydrogen-bond acceptors (Lipinski definition) is 5. The zero-order valence-electron chi connectivity index (χ0n) is 21.3. The zero-order valence-corrected chi connectivity index (χ0v) is 22.1. The van der Waals surface area contributed by atoms with E-state index in [-0.39, 0.29) is 17.0 Å². The minimum atomic E-state index is -0.657. The number of rotatable bonds is 4. The summed E-state index contributed by atoms with van der Waals surface area (Å²) in [6.45, 7) is 0. The largest absolute Gasteiger partial charge is 0.384 e. The Morgan fingerprint density at radius 2 is 1.20 bits per heavy atom. The van der Waals surface area contributed by atoms with Crippen molar-refractivity contribution in [1.29, 1.82) is 10.5 Å². The highest BCUT2D eigenvalue weighted by atomic mass is 32.1. The third-order valence-corrected chi connectivity index (χ3v) is 8.16. The highest BCUT2D eigenvalue weighted by Crippen LogP contribution is 2.36. The van der Waals surface area contributed by atoms with Crippen molar-refractivity contribution in [2.45, 2.75) is 5.92 Å². The van der Waals surface area contributed by atoms with Gasteiger partial charge in [0.1, 0.15) is 10.5 Å². The highest BCUT2D eigenvalue weighted by Gasteiger charge is 2.32. The van der Waals surface area contributed by atoms with E-state index in [0.29, 0.717) is 14.8 Å². The van der Waals surface area contributed by atoms with Gasteiger partial charge in [0.15, 0.2) is 0 Å². The van der Waals surface area contributed by atoms with E-state index < -0.39 is 5.92 Å². The lowest BCUT2D eigenvalue weighted by Gasteiger charge is -2.22. The second kappa shape index (κ2) is 10.4. The molecule has 1 aromatic heterocycles. The molecule has 0 aliphatic carbocycles. The zero-order chi connectivity index (χ0) is 27.6. The Morgan fingerprint density at radius 1 is 0.700 bits per heavy atom. The molecule has 0 saturated carbocycles. The lowest BCUT2D eigenvalue weighted by Crippen LogP contribution is -2.38. The van der Waals surface area contributed by atoms with Gasteiger partial charge >= 0.3 is 0 Å². The van der Waals surface area contributed by atoms with Crippen LogP contribution in [0.15, 0.2) is 120 Å². The first-order valence-corrected chi connectivity index (χ1v) is 13.5. The lowest BCUT2D eigenvalue weighted by molar-refractivity contribution is 0.906. The van der Waals surface area contributed by atoms with Crippen LogP contribution in [-0.2, 0) is 0 Å². The fourth-order valence-corrected chi connectivity index (χ4v) is 6.17. The molecule has 4 aromatic carbocycles. The first-order valence-electron chi connectivity index (χ1n) is 12.7. The van der Waals surface area contributed by atoms with Crippen molar-refractivity contribution >= 4 is 28.8 Å². The van der Waals surface area contributed by atoms with Crippen LogP contribution in [-0.4, -0.2) is 4.57 Å². The lowest BCUT2D eigenvalue weighted by atomic mass is 9.84. The maximum Gasteiger partial charge on any atom is 0.274 e. The van der Waals surface area contributed by atoms with Crippen molar-refractivity contribution in [3.63, 3.8) is 0 Å². The summed E-state index contributed by atoms with van der Waals surface area (Å²) in [7, 11) is 0. The molecule has 40 heavy (non-hydrogen) atoms. The average Bonchev–Trinajstić information content (AvgIpc) is 3.34. The van der Waals surface area contributed by atoms with E-state index in [2.05, 4.69) is 12.1 Å². The topological polar surface area (TPSA) is 95.6 Å². The number of allylic oxidation sites excluding steroid dienone is 1. The van der Waals surface area contributed by atoms with Crippen LogP contribution in [0.4, 0.5) is 0 Å². The number of fused-ring (bicyclic) bond motifs is 1. The molecule has 0 spiro atoms. The first-order chi connectivity index (χ1) is 19.6. The number of nitriles is 2. The Kier molecular flexibility index (Phi) is 6.46. The van der Waals surface area contributed by atoms with Gasteiger partial charge in [-0.3, -0.25) is 9.36 Å². The van der Waals surface area contributed by atoms with E-state index in [1.54, 1.807) is 6.08 Å². The van der Waals surface area contributed by atoms with Gasteiger partial charge in [-0.15, -0.1) is 11.3 Å². The van der Waals surface area contributed by atoms with Crippen LogP contribution >= 0.6 is 11.3 Å². The van der Waals surface area contributed by atoms with E-state index in [1.165, 1.54) is 15.9 Å². The summed E-state index contributed by atoms with van der Waals surface area (Å²) >= 11 is 1.22. The summed E-state index contributed by atoms with van der Waals surface area (Å²) in [6, 6.07) is 40.2. The molecule has 1 atom stereocenters. The molecule has 0 bridgehead atoms. The fraction of sp³-hybridized carbons (Fsp3) is 0.0294. The summed E-state index contributed by atoms with van der Waals surface area (Å²) < 4.78 is 2.20. The minimum Gasteiger partial charge on any atom is -0.384 e. The van der Waals surface area contributed by atoms with Gasteiger partial charge in [-0.2, -0.15) is 10.5 Å². The molecular weight excluding hydrogens is 512 g/mol. The number of benzene rings is 4. The van der Waals surface area contributed by atoms with Crippen LogP contribution in [0.25, 0.3) is 39.7 Å². The van der Waals surface area contributed by atoms with Crippen LogP contribution in [0.5, 0.6) is 0 Å². The maximum absolute atomic E-state index is 13.5. The second-order valence-corrected chi connectivity index (χ2v) is 10.4. The molecule has 1 aliphatic rings. The summed E-state index contributed by atoms with van der Waals surface area (Å²) in [5, 5.41) is 20.3. The van der Waals surface area contributed by atoms with E-state index in [1.807, 2.05) is 109 Å². The third kappa shape index (κ3) is 4.33. The smallest absolute Gasteiger partial charge is 0.274 e. The molecule has 5 aromatic rings. The number of thiazole rings is 1. The van der Waals surface area contributed by atoms with Crippen molar-refractivity contribution in [2.75, 3.05) is 0 Å². The molecular formula is C34H22N4OS. The van der Waals surface area contributed by atoms with Crippen molar-refractivity contribution in [2.24, 2.45) is 5.73 Å². The van der Waals surface area contributed by atoms with Crippen LogP contribution in [0.1, 0.15) is 17.0 Å². The predicted octanol–water partition coefficient (Wildman–Crippen LogP) is 5.20. The van der Waals surface area contributed by atoms with Crippen LogP contribution < -0.4 is 20.5 Å². The quantitative estimate of drug-likeness (QED) is 0.343. The average molecular weight is 535 g/mol. The molecule has 0 amide bonds. The monoisotopic (exact) mass is 534 g/mol. The number of aromatic nitrogens is 1. The Balaban J connectivity index is 1.45. The first kappa shape index (κ1) is 24.9. The molecule has 1 unspecified atom stereocenters. The van der Waals surface area contributed by atoms with Crippen molar-refractivity contribution in [3.05, 3.63) is 145 Å². The predicted molar refractivity (Wildman–Crippen MR) is 160 cm³/mol. The summed E-state index contributed by atoms with van der Waals surface area (Å²) in [6.07, 6.45) is 1.80. The Bertz CT molecular complexity index is 2020. The number of nitrogens with two attached hydrogens (primary N) is 1. The Labute approximate surface area is 234 Å². The van der Waals surface area contributed by atoms with Crippen molar-refractivity contribution in [3.8, 4) is 34.4 Å². The fourth-order valence-electron chi connectivity index (χ4n) is 5.04. The Morgan fingerprint density at radius 3 is 1.73 bits per heavy atom. The molecule has 6 heteroatoms. The molecule has 0 fully saturated rings. The number of hydrogen-bond donors (Lipinski definition) is 1. The summed E-state index contributed by atoms with van der Waals surface area (Å²) in [5.74, 6) is -0.593. The minimum absolute atomic E-state index is 0.0639. The van der Waals surface area contributed by atoms with Crippen molar-refractivity contribution in [1.82, 2.24) is 4.57 Å². The van der Waals surface area contributed by atoms with Gasteiger partial charge in [0.25, 0.3) is 5.56 Å². The molecule has 0 saturated heterocycles. The Hall–Kier alpha value is -5.43. The van der Waals surface area contributed by atoms with E-state index >= 15 is 0 Å². The molecule has 1 aliphatic heterocycles. The van der Waals surface area contributed by atoms with Crippen LogP contribution in [0.3, 0.4) is 0 Å².